The van der Waals surface area contributed by atoms with Gasteiger partial charge in [-0.25, -0.2) is 13.1 Å². The summed E-state index contributed by atoms with van der Waals surface area (Å²) < 4.78 is 32.7. The third kappa shape index (κ3) is 4.77. The molecule has 4 fully saturated rings. The zero-order chi connectivity index (χ0) is 20.5. The summed E-state index contributed by atoms with van der Waals surface area (Å²) in [4.78, 5) is 12.7. The van der Waals surface area contributed by atoms with Crippen molar-refractivity contribution in [2.24, 2.45) is 23.2 Å². The van der Waals surface area contributed by atoms with E-state index >= 15 is 0 Å². The van der Waals surface area contributed by atoms with Gasteiger partial charge in [-0.2, -0.15) is 0 Å². The van der Waals surface area contributed by atoms with Gasteiger partial charge in [0.1, 0.15) is 5.75 Å². The average Bonchev–Trinajstić information content (AvgIpc) is 2.64. The molecule has 29 heavy (non-hydrogen) atoms. The summed E-state index contributed by atoms with van der Waals surface area (Å²) in [6.45, 7) is 2.90. The Morgan fingerprint density at radius 2 is 1.62 bits per heavy atom. The van der Waals surface area contributed by atoms with Crippen LogP contribution in [0.4, 0.5) is 0 Å². The molecule has 0 aliphatic heterocycles. The Kier molecular flexibility index (Phi) is 5.89. The predicted molar refractivity (Wildman–Crippen MR) is 111 cm³/mol. The van der Waals surface area contributed by atoms with Gasteiger partial charge < -0.3 is 10.1 Å². The van der Waals surface area contributed by atoms with Crippen molar-refractivity contribution in [1.29, 1.82) is 0 Å². The molecule has 0 radical (unpaired) electrons. The molecule has 4 aliphatic carbocycles. The molecule has 7 heteroatoms. The van der Waals surface area contributed by atoms with Gasteiger partial charge in [0.25, 0.3) is 0 Å². The Labute approximate surface area is 173 Å². The van der Waals surface area contributed by atoms with E-state index in [9.17, 15) is 13.2 Å². The van der Waals surface area contributed by atoms with Crippen molar-refractivity contribution >= 4 is 15.9 Å². The molecule has 0 aromatic heterocycles. The minimum atomic E-state index is -3.59. The van der Waals surface area contributed by atoms with Crippen LogP contribution in [-0.4, -0.2) is 34.0 Å². The normalized spacial score (nSPS) is 30.3. The SMILES string of the molecule is CCOc1ccc(S(=O)(=O)NCCNC(=O)CC23CC4CC(CC(C4)C2)C3)cc1. The largest absolute Gasteiger partial charge is 0.494 e. The summed E-state index contributed by atoms with van der Waals surface area (Å²) in [6, 6.07) is 6.34. The second-order valence-corrected chi connectivity index (χ2v) is 11.0. The van der Waals surface area contributed by atoms with E-state index in [0.29, 0.717) is 25.3 Å². The van der Waals surface area contributed by atoms with Crippen molar-refractivity contribution in [3.05, 3.63) is 24.3 Å². The lowest BCUT2D eigenvalue weighted by molar-refractivity contribution is -0.129. The van der Waals surface area contributed by atoms with Gasteiger partial charge in [0.05, 0.1) is 11.5 Å². The van der Waals surface area contributed by atoms with Crippen LogP contribution in [0, 0.1) is 23.2 Å². The highest BCUT2D eigenvalue weighted by atomic mass is 32.2. The van der Waals surface area contributed by atoms with Crippen molar-refractivity contribution in [3.63, 3.8) is 0 Å². The van der Waals surface area contributed by atoms with Crippen LogP contribution in [0.25, 0.3) is 0 Å². The zero-order valence-corrected chi connectivity index (χ0v) is 18.0. The molecule has 160 valence electrons. The monoisotopic (exact) mass is 420 g/mol. The van der Waals surface area contributed by atoms with Crippen LogP contribution in [0.2, 0.25) is 0 Å². The van der Waals surface area contributed by atoms with E-state index in [1.165, 1.54) is 50.7 Å². The Hall–Kier alpha value is -1.60. The maximum atomic E-state index is 12.5. The number of carbonyl (C=O) groups excluding carboxylic acids is 1. The summed E-state index contributed by atoms with van der Waals surface area (Å²) in [7, 11) is -3.59. The van der Waals surface area contributed by atoms with Gasteiger partial charge in [0, 0.05) is 19.5 Å². The highest BCUT2D eigenvalue weighted by Gasteiger charge is 2.51. The highest BCUT2D eigenvalue weighted by Crippen LogP contribution is 2.61. The first-order valence-electron chi connectivity index (χ1n) is 10.9. The van der Waals surface area contributed by atoms with Gasteiger partial charge in [0.15, 0.2) is 0 Å². The molecule has 0 atom stereocenters. The molecule has 0 heterocycles. The van der Waals surface area contributed by atoms with Gasteiger partial charge in [-0.1, -0.05) is 0 Å². The number of sulfonamides is 1. The number of ether oxygens (including phenoxy) is 1. The Morgan fingerprint density at radius 3 is 2.17 bits per heavy atom. The van der Waals surface area contributed by atoms with E-state index in [0.717, 1.165) is 17.8 Å². The van der Waals surface area contributed by atoms with Gasteiger partial charge >= 0.3 is 0 Å². The highest BCUT2D eigenvalue weighted by molar-refractivity contribution is 7.89. The standard InChI is InChI=1S/C22H32N2O4S/c1-2-28-19-3-5-20(6-4-19)29(26,27)24-8-7-23-21(25)15-22-12-16-9-17(13-22)11-18(10-16)14-22/h3-6,16-18,24H,2,7-15H2,1H3,(H,23,25). The molecule has 4 bridgehead atoms. The number of nitrogens with one attached hydrogen (secondary N) is 2. The number of benzene rings is 1. The van der Waals surface area contributed by atoms with Crippen LogP contribution in [0.5, 0.6) is 5.75 Å². The van der Waals surface area contributed by atoms with Crippen LogP contribution >= 0.6 is 0 Å². The van der Waals surface area contributed by atoms with Crippen LogP contribution < -0.4 is 14.8 Å². The average molecular weight is 421 g/mol. The Bertz CT molecular complexity index is 800. The second kappa shape index (κ2) is 8.26. The summed E-state index contributed by atoms with van der Waals surface area (Å²) >= 11 is 0. The van der Waals surface area contributed by atoms with Crippen molar-refractivity contribution < 1.29 is 17.9 Å². The van der Waals surface area contributed by atoms with E-state index < -0.39 is 10.0 Å². The third-order valence-corrected chi connectivity index (χ3v) is 8.36. The lowest BCUT2D eigenvalue weighted by Crippen LogP contribution is -2.48. The van der Waals surface area contributed by atoms with Gasteiger partial charge in [-0.05, 0) is 92.9 Å². The van der Waals surface area contributed by atoms with Gasteiger partial charge in [-0.3, -0.25) is 4.79 Å². The molecule has 6 nitrogen and oxygen atoms in total. The predicted octanol–water partition coefficient (Wildman–Crippen LogP) is 3.09. The summed E-state index contributed by atoms with van der Waals surface area (Å²) in [5.74, 6) is 3.19. The molecule has 0 unspecified atom stereocenters. The maximum absolute atomic E-state index is 12.5. The summed E-state index contributed by atoms with van der Waals surface area (Å²) in [5, 5.41) is 2.92. The summed E-state index contributed by atoms with van der Waals surface area (Å²) in [6.07, 6.45) is 8.32. The lowest BCUT2D eigenvalue weighted by atomic mass is 9.49. The number of amides is 1. The first-order chi connectivity index (χ1) is 13.9. The molecule has 1 aromatic carbocycles. The van der Waals surface area contributed by atoms with E-state index in [2.05, 4.69) is 10.0 Å². The van der Waals surface area contributed by atoms with E-state index in [4.69, 9.17) is 4.74 Å². The molecule has 2 N–H and O–H groups in total. The van der Waals surface area contributed by atoms with Crippen LogP contribution in [0.15, 0.2) is 29.2 Å². The topological polar surface area (TPSA) is 84.5 Å². The smallest absolute Gasteiger partial charge is 0.240 e. The summed E-state index contributed by atoms with van der Waals surface area (Å²) in [5.41, 5.74) is 0.209. The third-order valence-electron chi connectivity index (χ3n) is 6.88. The van der Waals surface area contributed by atoms with E-state index in [1.54, 1.807) is 12.1 Å². The van der Waals surface area contributed by atoms with Crippen molar-refractivity contribution in [1.82, 2.24) is 10.0 Å². The molecule has 0 saturated heterocycles. The fourth-order valence-electron chi connectivity index (χ4n) is 6.26. The fourth-order valence-corrected chi connectivity index (χ4v) is 7.29. The van der Waals surface area contributed by atoms with Crippen LogP contribution in [0.1, 0.15) is 51.9 Å². The molecule has 4 aliphatic rings. The van der Waals surface area contributed by atoms with E-state index in [-0.39, 0.29) is 22.8 Å². The molecule has 5 rings (SSSR count). The Morgan fingerprint density at radius 1 is 1.03 bits per heavy atom. The molecule has 1 aromatic rings. The Balaban J connectivity index is 1.22. The van der Waals surface area contributed by atoms with Gasteiger partial charge in [-0.15, -0.1) is 0 Å². The van der Waals surface area contributed by atoms with E-state index in [1.807, 2.05) is 6.92 Å². The van der Waals surface area contributed by atoms with Crippen LogP contribution in [0.3, 0.4) is 0 Å². The zero-order valence-electron chi connectivity index (χ0n) is 17.2. The van der Waals surface area contributed by atoms with Crippen molar-refractivity contribution in [3.8, 4) is 5.75 Å². The quantitative estimate of drug-likeness (QED) is 0.601. The molecule has 4 saturated carbocycles. The molecular formula is C22H32N2O4S. The van der Waals surface area contributed by atoms with Crippen LogP contribution in [-0.2, 0) is 14.8 Å². The number of hydrogen-bond acceptors (Lipinski definition) is 4. The lowest BCUT2D eigenvalue weighted by Gasteiger charge is -2.56. The number of rotatable bonds is 9. The maximum Gasteiger partial charge on any atom is 0.240 e. The molecule has 1 amide bonds. The number of hydrogen-bond donors (Lipinski definition) is 2. The van der Waals surface area contributed by atoms with Crippen molar-refractivity contribution in [2.45, 2.75) is 56.8 Å². The first-order valence-corrected chi connectivity index (χ1v) is 12.3. The number of carbonyl (C=O) groups is 1. The molecular weight excluding hydrogens is 388 g/mol. The minimum absolute atomic E-state index is 0.0622. The first kappa shape index (κ1) is 20.7. The fraction of sp³-hybridized carbons (Fsp3) is 0.682. The minimum Gasteiger partial charge on any atom is -0.494 e. The second-order valence-electron chi connectivity index (χ2n) is 9.25. The van der Waals surface area contributed by atoms with Gasteiger partial charge in [0.2, 0.25) is 15.9 Å². The van der Waals surface area contributed by atoms with Crippen molar-refractivity contribution in [2.75, 3.05) is 19.7 Å². The molecule has 0 spiro atoms.